The van der Waals surface area contributed by atoms with Gasteiger partial charge in [0, 0.05) is 28.8 Å². The fourth-order valence-electron chi connectivity index (χ4n) is 7.30. The first-order valence-corrected chi connectivity index (χ1v) is 11.2. The lowest BCUT2D eigenvalue weighted by molar-refractivity contribution is -0.123. The molecule has 32 heavy (non-hydrogen) atoms. The highest BCUT2D eigenvalue weighted by atomic mass is 16.2. The maximum atomic E-state index is 14.4. The second-order valence-corrected chi connectivity index (χ2v) is 9.32. The predicted molar refractivity (Wildman–Crippen MR) is 118 cm³/mol. The molecule has 1 saturated carbocycles. The van der Waals surface area contributed by atoms with Gasteiger partial charge in [-0.05, 0) is 62.6 Å². The molecule has 3 heterocycles. The molecule has 0 aromatic heterocycles. The molecule has 7 rings (SSSR count). The fraction of sp³-hybridized carbons (Fsp3) is 0.259. The van der Waals surface area contributed by atoms with Gasteiger partial charge in [0.1, 0.15) is 5.41 Å². The van der Waals surface area contributed by atoms with E-state index in [0.29, 0.717) is 23.4 Å². The lowest BCUT2D eigenvalue weighted by atomic mass is 9.55. The van der Waals surface area contributed by atoms with Crippen LogP contribution in [0.5, 0.6) is 0 Å². The summed E-state index contributed by atoms with van der Waals surface area (Å²) in [6.45, 7) is 0.630. The quantitative estimate of drug-likeness (QED) is 0.719. The highest BCUT2D eigenvalue weighted by Crippen LogP contribution is 2.67. The number of nitrogens with one attached hydrogen (secondary N) is 1. The maximum Gasteiger partial charge on any atom is 0.238 e. The van der Waals surface area contributed by atoms with Crippen molar-refractivity contribution in [2.45, 2.75) is 29.8 Å². The largest absolute Gasteiger partial charge is 0.325 e. The molecular formula is C27H21N2O3. The molecule has 2 spiro atoms. The van der Waals surface area contributed by atoms with Crippen LogP contribution in [0.4, 0.5) is 5.69 Å². The van der Waals surface area contributed by atoms with Gasteiger partial charge in [-0.3, -0.25) is 19.3 Å². The first kappa shape index (κ1) is 18.8. The Morgan fingerprint density at radius 2 is 1.53 bits per heavy atom. The third-order valence-corrected chi connectivity index (χ3v) is 8.23. The van der Waals surface area contributed by atoms with Gasteiger partial charge >= 0.3 is 0 Å². The number of ketones is 2. The third-order valence-electron chi connectivity index (χ3n) is 8.23. The number of anilines is 1. The summed E-state index contributed by atoms with van der Waals surface area (Å²) >= 11 is 0. The van der Waals surface area contributed by atoms with Gasteiger partial charge in [0.25, 0.3) is 0 Å². The summed E-state index contributed by atoms with van der Waals surface area (Å²) in [6.07, 6.45) is 9.77. The van der Waals surface area contributed by atoms with Crippen LogP contribution < -0.4 is 5.32 Å². The molecule has 5 heteroatoms. The molecule has 3 aliphatic heterocycles. The van der Waals surface area contributed by atoms with E-state index in [4.69, 9.17) is 0 Å². The van der Waals surface area contributed by atoms with Crippen molar-refractivity contribution in [1.82, 2.24) is 4.90 Å². The number of benzene rings is 2. The molecule has 2 saturated heterocycles. The summed E-state index contributed by atoms with van der Waals surface area (Å²) in [4.78, 5) is 45.0. The Bertz CT molecular complexity index is 1160. The second kappa shape index (κ2) is 6.16. The Labute approximate surface area is 187 Å². The van der Waals surface area contributed by atoms with E-state index < -0.39 is 11.0 Å². The molecule has 2 aromatic carbocycles. The average molecular weight is 421 g/mol. The number of amides is 1. The second-order valence-electron chi connectivity index (χ2n) is 9.32. The van der Waals surface area contributed by atoms with Crippen LogP contribution in [0.1, 0.15) is 39.1 Å². The highest BCUT2D eigenvalue weighted by Gasteiger charge is 2.82. The average Bonchev–Trinajstić information content (AvgIpc) is 3.60. The molecule has 0 unspecified atom stereocenters. The van der Waals surface area contributed by atoms with Crippen molar-refractivity contribution >= 4 is 23.2 Å². The first-order chi connectivity index (χ1) is 15.6. The number of hydrogen-bond acceptors (Lipinski definition) is 4. The van der Waals surface area contributed by atoms with Crippen LogP contribution in [0.25, 0.3) is 0 Å². The van der Waals surface area contributed by atoms with Gasteiger partial charge in [0.15, 0.2) is 17.1 Å². The van der Waals surface area contributed by atoms with Crippen molar-refractivity contribution in [2.24, 2.45) is 5.92 Å². The number of Topliss-reactive ketones (excluding diaryl/α,β-unsaturated/α-hetero) is 2. The van der Waals surface area contributed by atoms with Crippen LogP contribution in [0, 0.1) is 37.5 Å². The lowest BCUT2D eigenvalue weighted by Crippen LogP contribution is -2.67. The van der Waals surface area contributed by atoms with E-state index in [9.17, 15) is 14.4 Å². The minimum atomic E-state index is -1.56. The van der Waals surface area contributed by atoms with Crippen LogP contribution in [0.3, 0.4) is 0 Å². The molecule has 2 aliphatic carbocycles. The number of fused-ring (bicyclic) bond motifs is 6. The minimum Gasteiger partial charge on any atom is -0.325 e. The Morgan fingerprint density at radius 3 is 2.25 bits per heavy atom. The lowest BCUT2D eigenvalue weighted by Gasteiger charge is -2.43. The zero-order chi connectivity index (χ0) is 21.7. The third kappa shape index (κ3) is 1.82. The Morgan fingerprint density at radius 1 is 0.875 bits per heavy atom. The topological polar surface area (TPSA) is 66.5 Å². The zero-order valence-electron chi connectivity index (χ0n) is 17.4. The molecule has 2 aromatic rings. The van der Waals surface area contributed by atoms with E-state index in [1.807, 2.05) is 49.9 Å². The summed E-state index contributed by atoms with van der Waals surface area (Å²) in [6, 6.07) is 14.6. The number of nitrogens with zero attached hydrogens (tertiary/aromatic N) is 1. The van der Waals surface area contributed by atoms with Gasteiger partial charge in [0.05, 0.1) is 0 Å². The van der Waals surface area contributed by atoms with Gasteiger partial charge in [0.2, 0.25) is 5.91 Å². The van der Waals surface area contributed by atoms with Crippen molar-refractivity contribution < 1.29 is 14.4 Å². The zero-order valence-corrected chi connectivity index (χ0v) is 17.4. The first-order valence-electron chi connectivity index (χ1n) is 11.2. The predicted octanol–water partition coefficient (Wildman–Crippen LogP) is 3.19. The van der Waals surface area contributed by atoms with Crippen molar-refractivity contribution in [1.29, 1.82) is 0 Å². The monoisotopic (exact) mass is 421 g/mol. The number of carbonyl (C=O) groups excluding carboxylic acids is 3. The van der Waals surface area contributed by atoms with E-state index in [-0.39, 0.29) is 29.4 Å². The normalized spacial score (nSPS) is 32.7. The van der Waals surface area contributed by atoms with Crippen LogP contribution in [-0.2, 0) is 10.2 Å². The van der Waals surface area contributed by atoms with Gasteiger partial charge < -0.3 is 5.32 Å². The van der Waals surface area contributed by atoms with Crippen molar-refractivity contribution in [2.75, 3.05) is 11.9 Å². The summed E-state index contributed by atoms with van der Waals surface area (Å²) in [5.41, 5.74) is -0.538. The fourth-order valence-corrected chi connectivity index (χ4v) is 7.30. The van der Waals surface area contributed by atoms with E-state index >= 15 is 0 Å². The Balaban J connectivity index is 1.59. The van der Waals surface area contributed by atoms with Gasteiger partial charge in [-0.2, -0.15) is 0 Å². The van der Waals surface area contributed by atoms with E-state index in [2.05, 4.69) is 10.2 Å². The molecule has 3 atom stereocenters. The van der Waals surface area contributed by atoms with Gasteiger partial charge in [-0.25, -0.2) is 0 Å². The van der Waals surface area contributed by atoms with Crippen LogP contribution in [0.15, 0.2) is 48.5 Å². The summed E-state index contributed by atoms with van der Waals surface area (Å²) in [7, 11) is 0. The molecule has 1 N–H and O–H groups in total. The number of carbonyl (C=O) groups is 3. The minimum absolute atomic E-state index is 0.0588. The van der Waals surface area contributed by atoms with Crippen LogP contribution in [-0.4, -0.2) is 40.5 Å². The van der Waals surface area contributed by atoms with E-state index in [0.717, 1.165) is 24.3 Å². The Kier molecular flexibility index (Phi) is 3.61. The molecular weight excluding hydrogens is 400 g/mol. The van der Waals surface area contributed by atoms with Crippen molar-refractivity contribution in [3.63, 3.8) is 0 Å². The SMILES string of the molecule is O=C1c2ccccc2C(=O)C12N1CCC[C@@H]1[C@@H]([C]1[CH][CH][CH][CH]1)[C@]21C(=O)Nc2ccccc21. The molecule has 5 nitrogen and oxygen atoms in total. The number of para-hydroxylation sites is 1. The van der Waals surface area contributed by atoms with Crippen LogP contribution >= 0.6 is 0 Å². The van der Waals surface area contributed by atoms with Gasteiger partial charge in [-0.15, -0.1) is 0 Å². The number of rotatable bonds is 1. The summed E-state index contributed by atoms with van der Waals surface area (Å²) in [5, 5.41) is 3.06. The Hall–Kier alpha value is -2.79. The van der Waals surface area contributed by atoms with Crippen LogP contribution in [0.2, 0.25) is 0 Å². The molecule has 0 bridgehead atoms. The molecule has 3 fully saturated rings. The van der Waals surface area contributed by atoms with Crippen molar-refractivity contribution in [3.05, 3.63) is 96.8 Å². The standard InChI is InChI=1S/C27H21N2O3/c30-23-17-10-3-4-11-18(17)24(31)27(23)26(19-12-5-6-13-20(19)28-25(26)32)22(16-8-1-2-9-16)21-14-7-15-29(21)27/h1-6,8-13,21-22H,7,14-15H2,(H,28,32)/t21-,22-,26-/m1/s1. The smallest absolute Gasteiger partial charge is 0.238 e. The molecule has 5 aliphatic rings. The maximum absolute atomic E-state index is 14.4. The van der Waals surface area contributed by atoms with E-state index in [1.54, 1.807) is 24.3 Å². The van der Waals surface area contributed by atoms with Crippen molar-refractivity contribution in [3.8, 4) is 0 Å². The summed E-state index contributed by atoms with van der Waals surface area (Å²) < 4.78 is 0. The molecule has 1 amide bonds. The van der Waals surface area contributed by atoms with E-state index in [1.165, 1.54) is 0 Å². The number of hydrogen-bond donors (Lipinski definition) is 1. The van der Waals surface area contributed by atoms with Gasteiger partial charge in [-0.1, -0.05) is 42.5 Å². The highest BCUT2D eigenvalue weighted by molar-refractivity contribution is 6.37. The summed E-state index contributed by atoms with van der Waals surface area (Å²) in [5.74, 6) is 0.0265. The molecule has 5 radical (unpaired) electrons. The molecule has 157 valence electrons.